The average Bonchev–Trinajstić information content (AvgIpc) is 3.35. The molecule has 39 heavy (non-hydrogen) atoms. The third-order valence-electron chi connectivity index (χ3n) is 7.66. The van der Waals surface area contributed by atoms with Crippen molar-refractivity contribution in [2.75, 3.05) is 0 Å². The first-order chi connectivity index (χ1) is 18.5. The van der Waals surface area contributed by atoms with E-state index in [1.54, 1.807) is 0 Å². The molecule has 0 saturated carbocycles. The van der Waals surface area contributed by atoms with Gasteiger partial charge in [0.1, 0.15) is 11.9 Å². The van der Waals surface area contributed by atoms with E-state index in [1.807, 2.05) is 64.1 Å². The summed E-state index contributed by atoms with van der Waals surface area (Å²) in [7, 11) is 0. The van der Waals surface area contributed by atoms with Crippen molar-refractivity contribution in [2.45, 2.75) is 65.4 Å². The van der Waals surface area contributed by atoms with Crippen molar-refractivity contribution in [3.05, 3.63) is 107 Å². The third kappa shape index (κ3) is 6.77. The molecular formula is C34H38IrNO3-. The number of rotatable bonds is 8. The molecule has 207 valence electrons. The summed E-state index contributed by atoms with van der Waals surface area (Å²) in [4.78, 5) is 16.7. The van der Waals surface area contributed by atoms with Gasteiger partial charge in [0, 0.05) is 49.5 Å². The molecule has 0 saturated heterocycles. The van der Waals surface area contributed by atoms with Crippen molar-refractivity contribution in [3.63, 3.8) is 0 Å². The van der Waals surface area contributed by atoms with Gasteiger partial charge < -0.3 is 9.84 Å². The van der Waals surface area contributed by atoms with Crippen molar-refractivity contribution >= 4 is 17.2 Å². The molecular weight excluding hydrogens is 663 g/mol. The Hall–Kier alpha value is -3.01. The number of carbonyl (C=O) groups excluding carboxylic acids is 1. The number of aliphatic hydroxyl groups excluding tert-OH is 1. The Morgan fingerprint density at radius 2 is 1.51 bits per heavy atom. The summed E-state index contributed by atoms with van der Waals surface area (Å²) in [5.74, 6) is 1.63. The monoisotopic (exact) mass is 701 g/mol. The van der Waals surface area contributed by atoms with Gasteiger partial charge in [0.2, 0.25) is 0 Å². The quantitative estimate of drug-likeness (QED) is 0.145. The first kappa shape index (κ1) is 30.5. The number of ether oxygens (including phenoxy) is 1. The molecule has 0 aliphatic carbocycles. The zero-order valence-electron chi connectivity index (χ0n) is 23.2. The van der Waals surface area contributed by atoms with Gasteiger partial charge in [0.05, 0.1) is 11.4 Å². The fraction of sp³-hybridized carbons (Fsp3) is 0.353. The number of ketones is 1. The van der Waals surface area contributed by atoms with Gasteiger partial charge in [-0.2, -0.15) is 0 Å². The molecule has 0 spiro atoms. The Labute approximate surface area is 246 Å². The molecule has 2 atom stereocenters. The van der Waals surface area contributed by atoms with Crippen LogP contribution in [0.1, 0.15) is 82.1 Å². The molecule has 1 N–H and O–H groups in total. The molecule has 5 rings (SSSR count). The van der Waals surface area contributed by atoms with Crippen LogP contribution >= 0.6 is 0 Å². The average molecular weight is 701 g/mol. The number of aliphatic imine (C=N–C) groups is 1. The van der Waals surface area contributed by atoms with Crippen LogP contribution in [0.15, 0.2) is 89.6 Å². The van der Waals surface area contributed by atoms with E-state index in [2.05, 4.69) is 42.5 Å². The fourth-order valence-electron chi connectivity index (χ4n) is 5.34. The second-order valence-corrected chi connectivity index (χ2v) is 9.88. The molecule has 2 aliphatic heterocycles. The number of fused-ring (bicyclic) bond motifs is 5. The molecule has 3 aromatic carbocycles. The molecule has 0 amide bonds. The Kier molecular flexibility index (Phi) is 11.3. The smallest absolute Gasteiger partial charge is 0.162 e. The molecule has 0 aromatic heterocycles. The van der Waals surface area contributed by atoms with Crippen LogP contribution in [-0.2, 0) is 24.9 Å². The van der Waals surface area contributed by atoms with E-state index in [0.717, 1.165) is 54.0 Å². The number of hydrogen-bond acceptors (Lipinski definition) is 4. The van der Waals surface area contributed by atoms with E-state index in [0.29, 0.717) is 0 Å². The standard InChI is InChI=1S/C21H14NO.C13H24O2.Ir/c1-2-8-14(9-3-1)20-19-16-11-5-7-13-18(16)23-21(19)15-10-4-6-12-17(15)22-20;1-5-10(6-2)12(14)9-13(15)11(7-3)8-4;/h1-8,10-13,19,21H;9-11,14H,5-8H2,1-4H3;/q-1;;/b;12-9-;. The van der Waals surface area contributed by atoms with Crippen LogP contribution in [0.25, 0.3) is 0 Å². The van der Waals surface area contributed by atoms with Crippen molar-refractivity contribution in [2.24, 2.45) is 16.8 Å². The van der Waals surface area contributed by atoms with Crippen molar-refractivity contribution < 1.29 is 34.7 Å². The fourth-order valence-corrected chi connectivity index (χ4v) is 5.34. The minimum Gasteiger partial charge on any atom is -0.512 e. The minimum atomic E-state index is -0.00953. The molecule has 2 heterocycles. The van der Waals surface area contributed by atoms with Crippen molar-refractivity contribution in [1.82, 2.24) is 0 Å². The van der Waals surface area contributed by atoms with Gasteiger partial charge in [-0.3, -0.25) is 9.79 Å². The zero-order valence-corrected chi connectivity index (χ0v) is 25.6. The van der Waals surface area contributed by atoms with Crippen LogP contribution in [0.4, 0.5) is 5.69 Å². The second-order valence-electron chi connectivity index (χ2n) is 9.88. The second kappa shape index (κ2) is 14.4. The third-order valence-corrected chi connectivity index (χ3v) is 7.66. The maximum Gasteiger partial charge on any atom is 0.162 e. The van der Waals surface area contributed by atoms with E-state index in [9.17, 15) is 9.90 Å². The molecule has 2 unspecified atom stereocenters. The SMILES string of the molecule is CCC(CC)C(=O)/C=C(\O)C(CC)CC.[Ir].[c-]1ccccc1C1=Nc2ccccc2C2Oc3ccccc3C12. The van der Waals surface area contributed by atoms with E-state index in [1.165, 1.54) is 11.6 Å². The topological polar surface area (TPSA) is 58.9 Å². The number of carbonyl (C=O) groups is 1. The predicted octanol–water partition coefficient (Wildman–Crippen LogP) is 8.71. The number of hydrogen-bond donors (Lipinski definition) is 1. The first-order valence-electron chi connectivity index (χ1n) is 13.9. The largest absolute Gasteiger partial charge is 0.512 e. The van der Waals surface area contributed by atoms with Gasteiger partial charge in [-0.05, 0) is 49.1 Å². The first-order valence-corrected chi connectivity index (χ1v) is 13.9. The number of benzene rings is 3. The van der Waals surface area contributed by atoms with Crippen LogP contribution in [0.5, 0.6) is 5.75 Å². The zero-order chi connectivity index (χ0) is 27.1. The molecule has 3 aromatic rings. The molecule has 0 bridgehead atoms. The van der Waals surface area contributed by atoms with Gasteiger partial charge in [-0.1, -0.05) is 64.1 Å². The minimum absolute atomic E-state index is 0. The van der Waals surface area contributed by atoms with E-state index in [4.69, 9.17) is 9.73 Å². The normalized spacial score (nSPS) is 17.1. The number of allylic oxidation sites excluding steroid dienone is 2. The summed E-state index contributed by atoms with van der Waals surface area (Å²) in [5.41, 5.74) is 5.45. The Bertz CT molecular complexity index is 1290. The van der Waals surface area contributed by atoms with Gasteiger partial charge >= 0.3 is 0 Å². The molecule has 4 nitrogen and oxygen atoms in total. The summed E-state index contributed by atoms with van der Waals surface area (Å²) in [6, 6.07) is 27.9. The number of aliphatic hydroxyl groups is 1. The Morgan fingerprint density at radius 3 is 2.15 bits per heavy atom. The van der Waals surface area contributed by atoms with Gasteiger partial charge in [-0.25, -0.2) is 0 Å². The van der Waals surface area contributed by atoms with Crippen LogP contribution in [0.2, 0.25) is 0 Å². The van der Waals surface area contributed by atoms with Crippen LogP contribution in [-0.4, -0.2) is 16.6 Å². The van der Waals surface area contributed by atoms with Gasteiger partial charge in [0.15, 0.2) is 5.78 Å². The van der Waals surface area contributed by atoms with E-state index in [-0.39, 0.29) is 55.5 Å². The summed E-state index contributed by atoms with van der Waals surface area (Å²) < 4.78 is 6.29. The molecule has 0 fully saturated rings. The van der Waals surface area contributed by atoms with Crippen LogP contribution in [0, 0.1) is 17.9 Å². The van der Waals surface area contributed by atoms with E-state index < -0.39 is 0 Å². The number of para-hydroxylation sites is 2. The summed E-state index contributed by atoms with van der Waals surface area (Å²) >= 11 is 0. The molecule has 1 radical (unpaired) electrons. The summed E-state index contributed by atoms with van der Waals surface area (Å²) in [5, 5.41) is 9.76. The Morgan fingerprint density at radius 1 is 0.897 bits per heavy atom. The van der Waals surface area contributed by atoms with Crippen molar-refractivity contribution in [1.29, 1.82) is 0 Å². The molecule has 2 aliphatic rings. The Balaban J connectivity index is 0.000000233. The summed E-state index contributed by atoms with van der Waals surface area (Å²) in [6.07, 6.45) is 4.90. The van der Waals surface area contributed by atoms with Gasteiger partial charge in [-0.15, -0.1) is 35.9 Å². The molecule has 5 heteroatoms. The van der Waals surface area contributed by atoms with Crippen LogP contribution in [0.3, 0.4) is 0 Å². The van der Waals surface area contributed by atoms with Crippen molar-refractivity contribution in [3.8, 4) is 5.75 Å². The predicted molar refractivity (Wildman–Crippen MR) is 154 cm³/mol. The maximum atomic E-state index is 11.7. The van der Waals surface area contributed by atoms with E-state index >= 15 is 0 Å². The maximum absolute atomic E-state index is 11.7. The van der Waals surface area contributed by atoms with Gasteiger partial charge in [0.25, 0.3) is 0 Å². The van der Waals surface area contributed by atoms with Crippen LogP contribution < -0.4 is 4.74 Å². The number of nitrogens with zero attached hydrogens (tertiary/aromatic N) is 1. The summed E-state index contributed by atoms with van der Waals surface area (Å²) in [6.45, 7) is 8.07.